The number of carbonyl (C=O) groups excluding carboxylic acids is 1. The number of nitrogens with one attached hydrogen (secondary N) is 1. The van der Waals surface area contributed by atoms with Crippen molar-refractivity contribution in [2.75, 3.05) is 19.8 Å². The van der Waals surface area contributed by atoms with Crippen LogP contribution in [0.15, 0.2) is 18.2 Å². The van der Waals surface area contributed by atoms with Crippen LogP contribution in [0.4, 0.5) is 4.39 Å². The van der Waals surface area contributed by atoms with E-state index in [1.54, 1.807) is 19.1 Å². The van der Waals surface area contributed by atoms with Crippen LogP contribution in [0.3, 0.4) is 0 Å². The van der Waals surface area contributed by atoms with Gasteiger partial charge in [-0.15, -0.1) is 0 Å². The molecule has 1 aliphatic heterocycles. The predicted molar refractivity (Wildman–Crippen MR) is 67.0 cm³/mol. The Morgan fingerprint density at radius 1 is 1.44 bits per heavy atom. The fourth-order valence-corrected chi connectivity index (χ4v) is 2.11. The van der Waals surface area contributed by atoms with Gasteiger partial charge in [-0.1, -0.05) is 12.1 Å². The zero-order chi connectivity index (χ0) is 13.0. The highest BCUT2D eigenvalue weighted by molar-refractivity contribution is 5.94. The highest BCUT2D eigenvalue weighted by atomic mass is 19.1. The Hall–Kier alpha value is -1.42. The van der Waals surface area contributed by atoms with Crippen molar-refractivity contribution in [2.45, 2.75) is 19.8 Å². The van der Waals surface area contributed by atoms with E-state index in [4.69, 9.17) is 4.74 Å². The first-order valence-electron chi connectivity index (χ1n) is 6.29. The van der Waals surface area contributed by atoms with Gasteiger partial charge in [0.15, 0.2) is 0 Å². The lowest BCUT2D eigenvalue weighted by Gasteiger charge is -2.22. The third-order valence-corrected chi connectivity index (χ3v) is 3.33. The Balaban J connectivity index is 1.93. The summed E-state index contributed by atoms with van der Waals surface area (Å²) in [5, 5.41) is 2.80. The molecule has 0 aliphatic carbocycles. The lowest BCUT2D eigenvalue weighted by atomic mass is 10.0. The van der Waals surface area contributed by atoms with Crippen molar-refractivity contribution in [3.8, 4) is 0 Å². The molecule has 0 saturated carbocycles. The minimum absolute atomic E-state index is 0.127. The molecule has 1 aliphatic rings. The van der Waals surface area contributed by atoms with E-state index < -0.39 is 5.82 Å². The summed E-state index contributed by atoms with van der Waals surface area (Å²) in [4.78, 5) is 11.9. The number of aryl methyl sites for hydroxylation is 1. The number of benzene rings is 1. The Labute approximate surface area is 106 Å². The number of hydrogen-bond donors (Lipinski definition) is 1. The SMILES string of the molecule is Cc1cccc(C(=O)NCC2CCOCC2)c1F. The van der Waals surface area contributed by atoms with E-state index in [1.165, 1.54) is 6.07 Å². The molecule has 0 unspecified atom stereocenters. The first-order valence-corrected chi connectivity index (χ1v) is 6.29. The normalized spacial score (nSPS) is 16.6. The summed E-state index contributed by atoms with van der Waals surface area (Å²) in [7, 11) is 0. The van der Waals surface area contributed by atoms with Gasteiger partial charge in [-0.25, -0.2) is 4.39 Å². The van der Waals surface area contributed by atoms with Crippen molar-refractivity contribution < 1.29 is 13.9 Å². The fraction of sp³-hybridized carbons (Fsp3) is 0.500. The van der Waals surface area contributed by atoms with Gasteiger partial charge >= 0.3 is 0 Å². The number of ether oxygens (including phenoxy) is 1. The van der Waals surface area contributed by atoms with Gasteiger partial charge in [0.1, 0.15) is 5.82 Å². The molecule has 1 N–H and O–H groups in total. The second-order valence-electron chi connectivity index (χ2n) is 4.70. The number of amides is 1. The topological polar surface area (TPSA) is 38.3 Å². The third kappa shape index (κ3) is 3.07. The quantitative estimate of drug-likeness (QED) is 0.895. The molecule has 1 aromatic rings. The lowest BCUT2D eigenvalue weighted by Crippen LogP contribution is -2.32. The largest absolute Gasteiger partial charge is 0.381 e. The minimum Gasteiger partial charge on any atom is -0.381 e. The van der Waals surface area contributed by atoms with E-state index in [0.717, 1.165) is 26.1 Å². The molecule has 4 heteroatoms. The molecule has 1 heterocycles. The highest BCUT2D eigenvalue weighted by Crippen LogP contribution is 2.15. The zero-order valence-corrected chi connectivity index (χ0v) is 10.5. The Kier molecular flexibility index (Phi) is 4.31. The summed E-state index contributed by atoms with van der Waals surface area (Å²) in [6.45, 7) is 3.75. The smallest absolute Gasteiger partial charge is 0.254 e. The molecule has 1 fully saturated rings. The Morgan fingerprint density at radius 2 is 2.17 bits per heavy atom. The van der Waals surface area contributed by atoms with Crippen LogP contribution in [-0.2, 0) is 4.74 Å². The van der Waals surface area contributed by atoms with Gasteiger partial charge in [-0.3, -0.25) is 4.79 Å². The van der Waals surface area contributed by atoms with E-state index >= 15 is 0 Å². The van der Waals surface area contributed by atoms with Crippen LogP contribution in [0.5, 0.6) is 0 Å². The number of halogens is 1. The van der Waals surface area contributed by atoms with Crippen LogP contribution < -0.4 is 5.32 Å². The molecule has 1 saturated heterocycles. The maximum absolute atomic E-state index is 13.7. The molecule has 0 bridgehead atoms. The average molecular weight is 251 g/mol. The third-order valence-electron chi connectivity index (χ3n) is 3.33. The fourth-order valence-electron chi connectivity index (χ4n) is 2.11. The molecule has 0 atom stereocenters. The zero-order valence-electron chi connectivity index (χ0n) is 10.5. The maximum atomic E-state index is 13.7. The summed E-state index contributed by atoms with van der Waals surface area (Å²) < 4.78 is 19.0. The summed E-state index contributed by atoms with van der Waals surface area (Å²) in [5.41, 5.74) is 0.621. The monoisotopic (exact) mass is 251 g/mol. The first-order chi connectivity index (χ1) is 8.68. The van der Waals surface area contributed by atoms with Gasteiger partial charge < -0.3 is 10.1 Å². The van der Waals surface area contributed by atoms with E-state index in [0.29, 0.717) is 18.0 Å². The molecule has 98 valence electrons. The summed E-state index contributed by atoms with van der Waals surface area (Å²) >= 11 is 0. The Morgan fingerprint density at radius 3 is 2.89 bits per heavy atom. The summed E-state index contributed by atoms with van der Waals surface area (Å²) in [6, 6.07) is 4.87. The van der Waals surface area contributed by atoms with Crippen LogP contribution in [0.1, 0.15) is 28.8 Å². The van der Waals surface area contributed by atoms with Crippen molar-refractivity contribution >= 4 is 5.91 Å². The number of carbonyl (C=O) groups is 1. The maximum Gasteiger partial charge on any atom is 0.254 e. The van der Waals surface area contributed by atoms with E-state index in [2.05, 4.69) is 5.32 Å². The Bertz CT molecular complexity index is 428. The molecule has 3 nitrogen and oxygen atoms in total. The second kappa shape index (κ2) is 5.96. The van der Waals surface area contributed by atoms with Gasteiger partial charge in [-0.05, 0) is 37.3 Å². The molecular formula is C14H18FNO2. The van der Waals surface area contributed by atoms with Crippen molar-refractivity contribution in [3.05, 3.63) is 35.1 Å². The average Bonchev–Trinajstić information content (AvgIpc) is 2.40. The predicted octanol–water partition coefficient (Wildman–Crippen LogP) is 2.29. The molecule has 0 radical (unpaired) electrons. The molecule has 18 heavy (non-hydrogen) atoms. The minimum atomic E-state index is -0.429. The van der Waals surface area contributed by atoms with Gasteiger partial charge in [-0.2, -0.15) is 0 Å². The molecule has 1 amide bonds. The van der Waals surface area contributed by atoms with E-state index in [1.807, 2.05) is 0 Å². The molecule has 2 rings (SSSR count). The van der Waals surface area contributed by atoms with Crippen molar-refractivity contribution in [1.29, 1.82) is 0 Å². The summed E-state index contributed by atoms with van der Waals surface area (Å²) in [6.07, 6.45) is 1.91. The van der Waals surface area contributed by atoms with E-state index in [-0.39, 0.29) is 11.5 Å². The second-order valence-corrected chi connectivity index (χ2v) is 4.70. The standard InChI is InChI=1S/C14H18FNO2/c1-10-3-2-4-12(13(10)15)14(17)16-9-11-5-7-18-8-6-11/h2-4,11H,5-9H2,1H3,(H,16,17). The van der Waals surface area contributed by atoms with E-state index in [9.17, 15) is 9.18 Å². The van der Waals surface area contributed by atoms with Crippen LogP contribution in [-0.4, -0.2) is 25.7 Å². The van der Waals surface area contributed by atoms with Gasteiger partial charge in [0.25, 0.3) is 5.91 Å². The van der Waals surface area contributed by atoms with Crippen molar-refractivity contribution in [2.24, 2.45) is 5.92 Å². The summed E-state index contributed by atoms with van der Waals surface area (Å²) in [5.74, 6) is -0.319. The van der Waals surface area contributed by atoms with Crippen LogP contribution in [0.25, 0.3) is 0 Å². The van der Waals surface area contributed by atoms with Gasteiger partial charge in [0.2, 0.25) is 0 Å². The molecular weight excluding hydrogens is 233 g/mol. The number of rotatable bonds is 3. The van der Waals surface area contributed by atoms with Gasteiger partial charge in [0, 0.05) is 19.8 Å². The number of hydrogen-bond acceptors (Lipinski definition) is 2. The highest BCUT2D eigenvalue weighted by Gasteiger charge is 2.17. The van der Waals surface area contributed by atoms with Crippen LogP contribution >= 0.6 is 0 Å². The van der Waals surface area contributed by atoms with Crippen molar-refractivity contribution in [1.82, 2.24) is 5.32 Å². The molecule has 0 aromatic heterocycles. The van der Waals surface area contributed by atoms with Crippen LogP contribution in [0, 0.1) is 18.7 Å². The first kappa shape index (κ1) is 13.0. The molecule has 0 spiro atoms. The van der Waals surface area contributed by atoms with Crippen LogP contribution in [0.2, 0.25) is 0 Å². The van der Waals surface area contributed by atoms with Gasteiger partial charge in [0.05, 0.1) is 5.56 Å². The molecule has 1 aromatic carbocycles. The van der Waals surface area contributed by atoms with Crippen molar-refractivity contribution in [3.63, 3.8) is 0 Å². The lowest BCUT2D eigenvalue weighted by molar-refractivity contribution is 0.0642.